The number of hydrogen-bond donors (Lipinski definition) is 3. The maximum atomic E-state index is 12.4. The molecule has 8 nitrogen and oxygen atoms in total. The number of ether oxygens (including phenoxy) is 1. The number of fused-ring (bicyclic) bond motifs is 1. The highest BCUT2D eigenvalue weighted by Gasteiger charge is 2.24. The first-order valence-electron chi connectivity index (χ1n) is 9.73. The molecule has 3 N–H and O–H groups in total. The molecule has 4 rings (SSSR count). The number of anilines is 1. The van der Waals surface area contributed by atoms with Crippen LogP contribution in [0.4, 0.5) is 5.82 Å². The first-order valence-corrected chi connectivity index (χ1v) is 9.73. The topological polar surface area (TPSA) is 99.4 Å². The fourth-order valence-corrected chi connectivity index (χ4v) is 3.82. The van der Waals surface area contributed by atoms with Crippen LogP contribution in [-0.4, -0.2) is 48.2 Å². The van der Waals surface area contributed by atoms with Crippen molar-refractivity contribution in [3.63, 3.8) is 0 Å². The number of piperidine rings is 1. The van der Waals surface area contributed by atoms with E-state index >= 15 is 0 Å². The molecule has 1 amide bonds. The Kier molecular flexibility index (Phi) is 5.57. The number of rotatable bonds is 5. The smallest absolute Gasteiger partial charge is 0.252 e. The lowest BCUT2D eigenvalue weighted by Gasteiger charge is -2.33. The predicted molar refractivity (Wildman–Crippen MR) is 106 cm³/mol. The van der Waals surface area contributed by atoms with Gasteiger partial charge in [-0.15, -0.1) is 0 Å². The highest BCUT2D eigenvalue weighted by molar-refractivity contribution is 5.78. The van der Waals surface area contributed by atoms with E-state index in [1.807, 2.05) is 24.3 Å². The average Bonchev–Trinajstić information content (AvgIpc) is 2.73. The van der Waals surface area contributed by atoms with Gasteiger partial charge in [0.25, 0.3) is 5.56 Å². The molecule has 1 fully saturated rings. The van der Waals surface area contributed by atoms with Crippen LogP contribution in [0.15, 0.2) is 41.5 Å². The molecule has 1 saturated heterocycles. The summed E-state index contributed by atoms with van der Waals surface area (Å²) in [7, 11) is 0. The Morgan fingerprint density at radius 3 is 2.89 bits per heavy atom. The highest BCUT2D eigenvalue weighted by Crippen LogP contribution is 2.31. The lowest BCUT2D eigenvalue weighted by Crippen LogP contribution is -2.46. The maximum absolute atomic E-state index is 12.4. The summed E-state index contributed by atoms with van der Waals surface area (Å²) in [6.07, 6.45) is 4.02. The average molecular weight is 383 g/mol. The van der Waals surface area contributed by atoms with E-state index in [1.165, 1.54) is 12.4 Å². The SMILES string of the molecule is O=C(CNC1CCN(c2cc(=O)[nH]cn2)CC1)NC1CCOc2ccccc21. The number of H-pyrrole nitrogens is 1. The summed E-state index contributed by atoms with van der Waals surface area (Å²) >= 11 is 0. The van der Waals surface area contributed by atoms with Crippen molar-refractivity contribution in [2.24, 2.45) is 0 Å². The van der Waals surface area contributed by atoms with Gasteiger partial charge in [0, 0.05) is 37.2 Å². The molecule has 8 heteroatoms. The second-order valence-electron chi connectivity index (χ2n) is 7.21. The number of carbonyl (C=O) groups is 1. The fraction of sp³-hybridized carbons (Fsp3) is 0.450. The predicted octanol–water partition coefficient (Wildman–Crippen LogP) is 0.968. The third-order valence-corrected chi connectivity index (χ3v) is 5.33. The van der Waals surface area contributed by atoms with E-state index in [4.69, 9.17) is 4.74 Å². The quantitative estimate of drug-likeness (QED) is 0.712. The molecular formula is C20H25N5O3. The molecule has 0 spiro atoms. The Morgan fingerprint density at radius 2 is 2.07 bits per heavy atom. The molecule has 0 bridgehead atoms. The minimum Gasteiger partial charge on any atom is -0.493 e. The van der Waals surface area contributed by atoms with Gasteiger partial charge in [-0.25, -0.2) is 4.98 Å². The van der Waals surface area contributed by atoms with Crippen molar-refractivity contribution in [1.29, 1.82) is 0 Å². The van der Waals surface area contributed by atoms with Crippen molar-refractivity contribution >= 4 is 11.7 Å². The number of para-hydroxylation sites is 1. The highest BCUT2D eigenvalue weighted by atomic mass is 16.5. The van der Waals surface area contributed by atoms with Gasteiger partial charge < -0.3 is 25.3 Å². The van der Waals surface area contributed by atoms with Gasteiger partial charge in [-0.05, 0) is 18.9 Å². The number of amides is 1. The Morgan fingerprint density at radius 1 is 1.25 bits per heavy atom. The third kappa shape index (κ3) is 4.33. The van der Waals surface area contributed by atoms with Crippen LogP contribution in [-0.2, 0) is 4.79 Å². The van der Waals surface area contributed by atoms with Crippen LogP contribution in [0.2, 0.25) is 0 Å². The van der Waals surface area contributed by atoms with Crippen LogP contribution in [0.25, 0.3) is 0 Å². The van der Waals surface area contributed by atoms with Gasteiger partial charge in [0.05, 0.1) is 25.5 Å². The minimum atomic E-state index is -0.142. The summed E-state index contributed by atoms with van der Waals surface area (Å²) in [6, 6.07) is 9.66. The van der Waals surface area contributed by atoms with E-state index in [-0.39, 0.29) is 23.6 Å². The van der Waals surface area contributed by atoms with E-state index in [0.29, 0.717) is 19.0 Å². The van der Waals surface area contributed by atoms with Gasteiger partial charge in [0.2, 0.25) is 5.91 Å². The first-order chi connectivity index (χ1) is 13.7. The molecule has 0 saturated carbocycles. The molecular weight excluding hydrogens is 358 g/mol. The molecule has 2 aromatic rings. The Bertz CT molecular complexity index is 876. The van der Waals surface area contributed by atoms with Gasteiger partial charge in [-0.1, -0.05) is 18.2 Å². The Balaban J connectivity index is 1.24. The number of hydrogen-bond acceptors (Lipinski definition) is 6. The minimum absolute atomic E-state index is 0.000363. The maximum Gasteiger partial charge on any atom is 0.252 e. The van der Waals surface area contributed by atoms with Crippen molar-refractivity contribution in [2.45, 2.75) is 31.3 Å². The van der Waals surface area contributed by atoms with Crippen LogP contribution in [0, 0.1) is 0 Å². The van der Waals surface area contributed by atoms with Crippen LogP contribution < -0.4 is 25.8 Å². The zero-order valence-corrected chi connectivity index (χ0v) is 15.7. The number of nitrogens with zero attached hydrogens (tertiary/aromatic N) is 2. The number of carbonyl (C=O) groups excluding carboxylic acids is 1. The monoisotopic (exact) mass is 383 g/mol. The van der Waals surface area contributed by atoms with E-state index < -0.39 is 0 Å². The lowest BCUT2D eigenvalue weighted by molar-refractivity contribution is -0.121. The summed E-state index contributed by atoms with van der Waals surface area (Å²) in [5, 5.41) is 6.48. The van der Waals surface area contributed by atoms with Crippen molar-refractivity contribution in [2.75, 3.05) is 31.1 Å². The standard InChI is InChI=1S/C20H25N5O3/c26-19-11-18(22-13-23-19)25-8-5-14(6-9-25)21-12-20(27)24-16-7-10-28-17-4-2-1-3-15(16)17/h1-4,11,13-14,16,21H,5-10,12H2,(H,24,27)(H,22,23,26). The largest absolute Gasteiger partial charge is 0.493 e. The Labute approximate surface area is 163 Å². The van der Waals surface area contributed by atoms with E-state index in [2.05, 4.69) is 25.5 Å². The normalized spacial score (nSPS) is 19.6. The van der Waals surface area contributed by atoms with Crippen LogP contribution in [0.1, 0.15) is 30.9 Å². The number of benzene rings is 1. The van der Waals surface area contributed by atoms with Gasteiger partial charge in [-0.2, -0.15) is 0 Å². The molecule has 1 aromatic carbocycles. The third-order valence-electron chi connectivity index (χ3n) is 5.33. The number of aromatic amines is 1. The van der Waals surface area contributed by atoms with E-state index in [9.17, 15) is 9.59 Å². The zero-order chi connectivity index (χ0) is 19.3. The van der Waals surface area contributed by atoms with Crippen molar-refractivity contribution in [3.8, 4) is 5.75 Å². The van der Waals surface area contributed by atoms with Crippen LogP contribution in [0.3, 0.4) is 0 Å². The molecule has 28 heavy (non-hydrogen) atoms. The van der Waals surface area contributed by atoms with Gasteiger partial charge in [0.1, 0.15) is 11.6 Å². The van der Waals surface area contributed by atoms with Gasteiger partial charge >= 0.3 is 0 Å². The molecule has 2 aliphatic heterocycles. The van der Waals surface area contributed by atoms with Crippen molar-refractivity contribution in [3.05, 3.63) is 52.6 Å². The Hall–Kier alpha value is -2.87. The molecule has 3 heterocycles. The van der Waals surface area contributed by atoms with E-state index in [1.54, 1.807) is 0 Å². The molecule has 1 aromatic heterocycles. The summed E-state index contributed by atoms with van der Waals surface area (Å²) in [4.78, 5) is 32.7. The first kappa shape index (κ1) is 18.5. The molecule has 0 radical (unpaired) electrons. The molecule has 148 valence electrons. The lowest BCUT2D eigenvalue weighted by atomic mass is 10.0. The summed E-state index contributed by atoms with van der Waals surface area (Å²) in [5.74, 6) is 1.56. The molecule has 1 atom stereocenters. The second-order valence-corrected chi connectivity index (χ2v) is 7.21. The van der Waals surface area contributed by atoms with Gasteiger partial charge in [0.15, 0.2) is 0 Å². The zero-order valence-electron chi connectivity index (χ0n) is 15.7. The molecule has 0 aliphatic carbocycles. The summed E-state index contributed by atoms with van der Waals surface area (Å²) < 4.78 is 5.65. The van der Waals surface area contributed by atoms with Crippen molar-refractivity contribution < 1.29 is 9.53 Å². The van der Waals surface area contributed by atoms with Crippen molar-refractivity contribution in [1.82, 2.24) is 20.6 Å². The second kappa shape index (κ2) is 8.43. The number of aromatic nitrogens is 2. The number of nitrogens with one attached hydrogen (secondary N) is 3. The molecule has 2 aliphatic rings. The van der Waals surface area contributed by atoms with Gasteiger partial charge in [-0.3, -0.25) is 9.59 Å². The molecule has 1 unspecified atom stereocenters. The van der Waals surface area contributed by atoms with Crippen LogP contribution in [0.5, 0.6) is 5.75 Å². The summed E-state index contributed by atoms with van der Waals surface area (Å²) in [6.45, 7) is 2.53. The van der Waals surface area contributed by atoms with E-state index in [0.717, 1.165) is 43.7 Å². The fourth-order valence-electron chi connectivity index (χ4n) is 3.82. The van der Waals surface area contributed by atoms with Crippen LogP contribution >= 0.6 is 0 Å². The summed E-state index contributed by atoms with van der Waals surface area (Å²) in [5.41, 5.74) is 0.900.